The van der Waals surface area contributed by atoms with Crippen molar-refractivity contribution in [3.05, 3.63) is 66.0 Å². The van der Waals surface area contributed by atoms with E-state index >= 15 is 0 Å². The minimum absolute atomic E-state index is 0.0872. The lowest BCUT2D eigenvalue weighted by atomic mass is 10.0. The molecular weight excluding hydrogens is 369 g/mol. The fourth-order valence-corrected chi connectivity index (χ4v) is 3.37. The van der Waals surface area contributed by atoms with Crippen LogP contribution in [0.1, 0.15) is 18.4 Å². The maximum Gasteiger partial charge on any atom is 0.243 e. The van der Waals surface area contributed by atoms with Crippen molar-refractivity contribution in [1.82, 2.24) is 15.5 Å². The van der Waals surface area contributed by atoms with Gasteiger partial charge in [0.2, 0.25) is 5.91 Å². The lowest BCUT2D eigenvalue weighted by molar-refractivity contribution is -0.115. The summed E-state index contributed by atoms with van der Waals surface area (Å²) in [6.07, 6.45) is 2.05. The number of anilines is 1. The summed E-state index contributed by atoms with van der Waals surface area (Å²) in [7, 11) is 1.69. The molecule has 1 aliphatic rings. The van der Waals surface area contributed by atoms with E-state index in [1.807, 2.05) is 6.07 Å². The van der Waals surface area contributed by atoms with Gasteiger partial charge >= 0.3 is 0 Å². The summed E-state index contributed by atoms with van der Waals surface area (Å²) >= 11 is 0. The van der Waals surface area contributed by atoms with Gasteiger partial charge in [0, 0.05) is 38.4 Å². The van der Waals surface area contributed by atoms with Crippen LogP contribution in [0.3, 0.4) is 0 Å². The molecule has 154 valence electrons. The highest BCUT2D eigenvalue weighted by molar-refractivity contribution is 5.95. The standard InChI is InChI=1S/C22H28FN5O/c1-24-22(25-15-21(29)26-19-9-7-18(23)8-10-19)27-20-11-13-28(14-12-20)16-17-5-3-2-4-6-17/h2-10,20H,11-16H2,1H3,(H,26,29)(H2,24,25,27). The molecule has 2 aromatic rings. The van der Waals surface area contributed by atoms with Crippen molar-refractivity contribution in [2.24, 2.45) is 4.99 Å². The molecule has 1 amide bonds. The van der Waals surface area contributed by atoms with Crippen LogP contribution >= 0.6 is 0 Å². The summed E-state index contributed by atoms with van der Waals surface area (Å²) in [5, 5.41) is 9.16. The topological polar surface area (TPSA) is 68.8 Å². The number of nitrogens with one attached hydrogen (secondary N) is 3. The lowest BCUT2D eigenvalue weighted by Crippen LogP contribution is -2.49. The van der Waals surface area contributed by atoms with Crippen LogP contribution in [0.4, 0.5) is 10.1 Å². The molecule has 2 aromatic carbocycles. The Balaban J connectivity index is 1.38. The van der Waals surface area contributed by atoms with Gasteiger partial charge in [-0.25, -0.2) is 4.39 Å². The maximum atomic E-state index is 12.9. The Bertz CT molecular complexity index is 802. The molecule has 6 nitrogen and oxygen atoms in total. The Morgan fingerprint density at radius 1 is 1.10 bits per heavy atom. The molecule has 3 rings (SSSR count). The number of piperidine rings is 1. The molecule has 1 saturated heterocycles. The highest BCUT2D eigenvalue weighted by Crippen LogP contribution is 2.14. The number of carbonyl (C=O) groups excluding carboxylic acids is 1. The van der Waals surface area contributed by atoms with Gasteiger partial charge in [-0.05, 0) is 42.7 Å². The second kappa shape index (κ2) is 10.6. The normalized spacial score (nSPS) is 15.7. The maximum absolute atomic E-state index is 12.9. The highest BCUT2D eigenvalue weighted by atomic mass is 19.1. The predicted molar refractivity (Wildman–Crippen MR) is 114 cm³/mol. The zero-order chi connectivity index (χ0) is 20.5. The number of hydrogen-bond donors (Lipinski definition) is 3. The first-order chi connectivity index (χ1) is 14.1. The zero-order valence-corrected chi connectivity index (χ0v) is 16.7. The Hall–Kier alpha value is -2.93. The summed E-state index contributed by atoms with van der Waals surface area (Å²) in [5.41, 5.74) is 1.90. The van der Waals surface area contributed by atoms with Crippen LogP contribution in [0, 0.1) is 5.82 Å². The van der Waals surface area contributed by atoms with Crippen LogP contribution in [0.5, 0.6) is 0 Å². The van der Waals surface area contributed by atoms with E-state index in [1.165, 1.54) is 29.8 Å². The Morgan fingerprint density at radius 3 is 2.45 bits per heavy atom. The number of benzene rings is 2. The first-order valence-electron chi connectivity index (χ1n) is 9.91. The molecule has 0 radical (unpaired) electrons. The van der Waals surface area contributed by atoms with Gasteiger partial charge in [0.05, 0.1) is 6.54 Å². The van der Waals surface area contributed by atoms with Crippen LogP contribution in [-0.4, -0.2) is 49.5 Å². The molecule has 7 heteroatoms. The minimum atomic E-state index is -0.333. The molecule has 3 N–H and O–H groups in total. The van der Waals surface area contributed by atoms with E-state index in [1.54, 1.807) is 7.05 Å². The Kier molecular flexibility index (Phi) is 7.58. The summed E-state index contributed by atoms with van der Waals surface area (Å²) in [5.74, 6) is 0.0681. The van der Waals surface area contributed by atoms with Gasteiger partial charge in [-0.15, -0.1) is 0 Å². The Morgan fingerprint density at radius 2 is 1.79 bits per heavy atom. The van der Waals surface area contributed by atoms with Crippen molar-refractivity contribution in [3.8, 4) is 0 Å². The van der Waals surface area contributed by atoms with Crippen molar-refractivity contribution in [1.29, 1.82) is 0 Å². The van der Waals surface area contributed by atoms with Gasteiger partial charge in [0.1, 0.15) is 5.82 Å². The molecule has 0 bridgehead atoms. The van der Waals surface area contributed by atoms with Crippen LogP contribution in [0.15, 0.2) is 59.6 Å². The second-order valence-electron chi connectivity index (χ2n) is 7.16. The summed E-state index contributed by atoms with van der Waals surface area (Å²) in [4.78, 5) is 18.7. The monoisotopic (exact) mass is 397 g/mol. The van der Waals surface area contributed by atoms with E-state index in [-0.39, 0.29) is 18.3 Å². The third kappa shape index (κ3) is 6.87. The summed E-state index contributed by atoms with van der Waals surface area (Å²) < 4.78 is 12.9. The van der Waals surface area contributed by atoms with Gasteiger partial charge in [-0.3, -0.25) is 14.7 Å². The average molecular weight is 397 g/mol. The van der Waals surface area contributed by atoms with Gasteiger partial charge in [-0.2, -0.15) is 0 Å². The van der Waals surface area contributed by atoms with Gasteiger partial charge in [0.25, 0.3) is 0 Å². The largest absolute Gasteiger partial charge is 0.354 e. The smallest absolute Gasteiger partial charge is 0.243 e. The first kappa shape index (κ1) is 20.8. The second-order valence-corrected chi connectivity index (χ2v) is 7.16. The van der Waals surface area contributed by atoms with E-state index in [2.05, 4.69) is 50.1 Å². The first-order valence-corrected chi connectivity index (χ1v) is 9.91. The number of rotatable bonds is 6. The molecular formula is C22H28FN5O. The van der Waals surface area contributed by atoms with E-state index in [4.69, 9.17) is 0 Å². The zero-order valence-electron chi connectivity index (χ0n) is 16.7. The molecule has 1 aliphatic heterocycles. The van der Waals surface area contributed by atoms with E-state index in [0.29, 0.717) is 17.7 Å². The third-order valence-corrected chi connectivity index (χ3v) is 4.95. The molecule has 0 atom stereocenters. The van der Waals surface area contributed by atoms with Crippen molar-refractivity contribution >= 4 is 17.6 Å². The van der Waals surface area contributed by atoms with Crippen LogP contribution in [0.25, 0.3) is 0 Å². The number of aliphatic imine (C=N–C) groups is 1. The van der Waals surface area contributed by atoms with Gasteiger partial charge in [-0.1, -0.05) is 30.3 Å². The molecule has 0 aromatic heterocycles. The molecule has 0 saturated carbocycles. The number of halogens is 1. The number of hydrogen-bond acceptors (Lipinski definition) is 3. The molecule has 0 aliphatic carbocycles. The quantitative estimate of drug-likeness (QED) is 0.518. The fourth-order valence-electron chi connectivity index (χ4n) is 3.37. The number of guanidine groups is 1. The lowest BCUT2D eigenvalue weighted by Gasteiger charge is -2.33. The number of amides is 1. The average Bonchev–Trinajstić information content (AvgIpc) is 2.75. The highest BCUT2D eigenvalue weighted by Gasteiger charge is 2.20. The predicted octanol–water partition coefficient (Wildman–Crippen LogP) is 2.59. The summed E-state index contributed by atoms with van der Waals surface area (Å²) in [6.45, 7) is 3.11. The van der Waals surface area contributed by atoms with Crippen molar-refractivity contribution in [2.75, 3.05) is 32.0 Å². The molecule has 0 unspecified atom stereocenters. The molecule has 29 heavy (non-hydrogen) atoms. The number of carbonyl (C=O) groups is 1. The van der Waals surface area contributed by atoms with Gasteiger partial charge < -0.3 is 16.0 Å². The van der Waals surface area contributed by atoms with Crippen molar-refractivity contribution in [3.63, 3.8) is 0 Å². The number of nitrogens with zero attached hydrogens (tertiary/aromatic N) is 2. The molecule has 1 heterocycles. The third-order valence-electron chi connectivity index (χ3n) is 4.95. The van der Waals surface area contributed by atoms with E-state index in [9.17, 15) is 9.18 Å². The molecule has 1 fully saturated rings. The summed E-state index contributed by atoms with van der Waals surface area (Å²) in [6, 6.07) is 16.5. The molecule has 0 spiro atoms. The minimum Gasteiger partial charge on any atom is -0.354 e. The van der Waals surface area contributed by atoms with Gasteiger partial charge in [0.15, 0.2) is 5.96 Å². The SMILES string of the molecule is CN=C(NCC(=O)Nc1ccc(F)cc1)NC1CCN(Cc2ccccc2)CC1. The van der Waals surface area contributed by atoms with Crippen molar-refractivity contribution < 1.29 is 9.18 Å². The van der Waals surface area contributed by atoms with E-state index < -0.39 is 0 Å². The van der Waals surface area contributed by atoms with E-state index in [0.717, 1.165) is 32.5 Å². The van der Waals surface area contributed by atoms with Crippen LogP contribution in [0.2, 0.25) is 0 Å². The Labute approximate surface area is 171 Å². The van der Waals surface area contributed by atoms with Crippen LogP contribution < -0.4 is 16.0 Å². The fraction of sp³-hybridized carbons (Fsp3) is 0.364. The van der Waals surface area contributed by atoms with Crippen LogP contribution in [-0.2, 0) is 11.3 Å². The number of likely N-dealkylation sites (tertiary alicyclic amines) is 1. The van der Waals surface area contributed by atoms with Crippen molar-refractivity contribution in [2.45, 2.75) is 25.4 Å².